The summed E-state index contributed by atoms with van der Waals surface area (Å²) in [6, 6.07) is 3.09. The Balaban J connectivity index is 2.51. The van der Waals surface area contributed by atoms with Gasteiger partial charge in [0.15, 0.2) is 5.22 Å². The molecule has 18 heavy (non-hydrogen) atoms. The van der Waals surface area contributed by atoms with Crippen LogP contribution in [0.2, 0.25) is 5.22 Å². The molecule has 1 unspecified atom stereocenters. The van der Waals surface area contributed by atoms with E-state index in [1.165, 1.54) is 0 Å². The van der Waals surface area contributed by atoms with Crippen molar-refractivity contribution in [2.24, 2.45) is 0 Å². The van der Waals surface area contributed by atoms with Crippen LogP contribution in [-0.4, -0.2) is 12.7 Å². The Morgan fingerprint density at radius 1 is 1.39 bits per heavy atom. The summed E-state index contributed by atoms with van der Waals surface area (Å²) in [7, 11) is 0. The zero-order valence-corrected chi connectivity index (χ0v) is 10.9. The van der Waals surface area contributed by atoms with Gasteiger partial charge in [-0.15, -0.1) is 0 Å². The molecule has 1 aromatic rings. The maximum Gasteiger partial charge on any atom is 0.389 e. The summed E-state index contributed by atoms with van der Waals surface area (Å²) in [4.78, 5) is 0. The van der Waals surface area contributed by atoms with E-state index in [0.29, 0.717) is 12.2 Å². The number of nitrogens with one attached hydrogen (secondary N) is 1. The molecule has 1 aromatic heterocycles. The maximum atomic E-state index is 12.1. The summed E-state index contributed by atoms with van der Waals surface area (Å²) >= 11 is 5.67. The minimum atomic E-state index is -4.10. The van der Waals surface area contributed by atoms with E-state index in [9.17, 15) is 13.2 Å². The van der Waals surface area contributed by atoms with Crippen LogP contribution in [0.3, 0.4) is 0 Å². The molecule has 0 bridgehead atoms. The zero-order chi connectivity index (χ0) is 13.6. The highest BCUT2D eigenvalue weighted by Crippen LogP contribution is 2.28. The Labute approximate surface area is 109 Å². The molecule has 0 aliphatic carbocycles. The molecule has 104 valence electrons. The quantitative estimate of drug-likeness (QED) is 0.784. The average Bonchev–Trinajstić information content (AvgIpc) is 2.68. The second-order valence-corrected chi connectivity index (χ2v) is 4.53. The van der Waals surface area contributed by atoms with Gasteiger partial charge in [0.2, 0.25) is 0 Å². The van der Waals surface area contributed by atoms with Crippen molar-refractivity contribution in [3.05, 3.63) is 23.1 Å². The Bertz CT molecular complexity index is 351. The van der Waals surface area contributed by atoms with Gasteiger partial charge >= 0.3 is 6.18 Å². The van der Waals surface area contributed by atoms with E-state index in [1.54, 1.807) is 12.1 Å². The van der Waals surface area contributed by atoms with Crippen molar-refractivity contribution in [1.82, 2.24) is 5.32 Å². The fourth-order valence-electron chi connectivity index (χ4n) is 1.69. The van der Waals surface area contributed by atoms with Crippen molar-refractivity contribution in [2.45, 2.75) is 44.8 Å². The molecule has 1 heterocycles. The monoisotopic (exact) mass is 283 g/mol. The van der Waals surface area contributed by atoms with Gasteiger partial charge in [-0.2, -0.15) is 13.2 Å². The third-order valence-corrected chi connectivity index (χ3v) is 2.73. The van der Waals surface area contributed by atoms with Crippen molar-refractivity contribution in [3.63, 3.8) is 0 Å². The van der Waals surface area contributed by atoms with E-state index >= 15 is 0 Å². The van der Waals surface area contributed by atoms with Crippen LogP contribution in [-0.2, 0) is 0 Å². The normalized spacial score (nSPS) is 13.8. The third kappa shape index (κ3) is 5.78. The molecule has 0 amide bonds. The lowest BCUT2D eigenvalue weighted by molar-refractivity contribution is -0.135. The van der Waals surface area contributed by atoms with E-state index in [1.807, 2.05) is 6.92 Å². The Morgan fingerprint density at radius 2 is 2.11 bits per heavy atom. The summed E-state index contributed by atoms with van der Waals surface area (Å²) < 4.78 is 41.5. The van der Waals surface area contributed by atoms with Crippen LogP contribution in [0.1, 0.15) is 44.4 Å². The summed E-state index contributed by atoms with van der Waals surface area (Å²) in [5, 5.41) is 3.42. The Morgan fingerprint density at radius 3 is 2.61 bits per heavy atom. The van der Waals surface area contributed by atoms with E-state index in [-0.39, 0.29) is 17.7 Å². The van der Waals surface area contributed by atoms with Gasteiger partial charge < -0.3 is 9.73 Å². The molecule has 1 N–H and O–H groups in total. The van der Waals surface area contributed by atoms with Crippen LogP contribution in [0.5, 0.6) is 0 Å². The van der Waals surface area contributed by atoms with E-state index in [4.69, 9.17) is 16.0 Å². The lowest BCUT2D eigenvalue weighted by atomic mass is 10.1. The molecule has 2 nitrogen and oxygen atoms in total. The molecule has 0 fully saturated rings. The second kappa shape index (κ2) is 7.04. The minimum Gasteiger partial charge on any atom is -0.448 e. The molecule has 1 atom stereocenters. The fraction of sp³-hybridized carbons (Fsp3) is 0.667. The predicted octanol–water partition coefficient (Wildman–Crippen LogP) is 4.71. The van der Waals surface area contributed by atoms with Gasteiger partial charge in [-0.05, 0) is 49.5 Å². The van der Waals surface area contributed by atoms with Crippen LogP contribution in [0.25, 0.3) is 0 Å². The molecule has 0 radical (unpaired) electrons. The smallest absolute Gasteiger partial charge is 0.389 e. The van der Waals surface area contributed by atoms with E-state index in [2.05, 4.69) is 5.32 Å². The van der Waals surface area contributed by atoms with Gasteiger partial charge in [-0.3, -0.25) is 0 Å². The van der Waals surface area contributed by atoms with Crippen LogP contribution in [0.15, 0.2) is 16.5 Å². The SMILES string of the molecule is CCCNC(CCCC(F)(F)F)c1ccc(Cl)o1. The lowest BCUT2D eigenvalue weighted by Gasteiger charge is -2.16. The molecule has 0 saturated carbocycles. The Kier molecular flexibility index (Phi) is 6.02. The van der Waals surface area contributed by atoms with Gasteiger partial charge in [0.05, 0.1) is 6.04 Å². The highest BCUT2D eigenvalue weighted by Gasteiger charge is 2.27. The zero-order valence-electron chi connectivity index (χ0n) is 10.2. The maximum absolute atomic E-state index is 12.1. The molecule has 0 aliphatic rings. The molecule has 0 aromatic carbocycles. The first-order valence-corrected chi connectivity index (χ1v) is 6.35. The van der Waals surface area contributed by atoms with Crippen LogP contribution >= 0.6 is 11.6 Å². The molecule has 0 saturated heterocycles. The van der Waals surface area contributed by atoms with E-state index < -0.39 is 12.6 Å². The van der Waals surface area contributed by atoms with Gasteiger partial charge in [-0.1, -0.05) is 6.92 Å². The number of halogens is 4. The number of hydrogen-bond acceptors (Lipinski definition) is 2. The van der Waals surface area contributed by atoms with Gasteiger partial charge in [-0.25, -0.2) is 0 Å². The average molecular weight is 284 g/mol. The largest absolute Gasteiger partial charge is 0.448 e. The first-order chi connectivity index (χ1) is 8.42. The number of rotatable bonds is 7. The number of furan rings is 1. The molecular formula is C12H17ClF3NO. The fourth-order valence-corrected chi connectivity index (χ4v) is 1.84. The molecule has 0 spiro atoms. The van der Waals surface area contributed by atoms with Crippen LogP contribution in [0.4, 0.5) is 13.2 Å². The molecule has 1 rings (SSSR count). The predicted molar refractivity (Wildman–Crippen MR) is 64.7 cm³/mol. The molecular weight excluding hydrogens is 267 g/mol. The van der Waals surface area contributed by atoms with Crippen molar-refractivity contribution in [2.75, 3.05) is 6.54 Å². The second-order valence-electron chi connectivity index (χ2n) is 4.16. The van der Waals surface area contributed by atoms with Crippen molar-refractivity contribution >= 4 is 11.6 Å². The van der Waals surface area contributed by atoms with Crippen molar-refractivity contribution < 1.29 is 17.6 Å². The first-order valence-electron chi connectivity index (χ1n) is 5.97. The van der Waals surface area contributed by atoms with Crippen molar-refractivity contribution in [1.29, 1.82) is 0 Å². The first kappa shape index (κ1) is 15.4. The number of alkyl halides is 3. The standard InChI is InChI=1S/C12H17ClF3NO/c1-2-8-17-9(4-3-7-12(14,15)16)10-5-6-11(13)18-10/h5-6,9,17H,2-4,7-8H2,1H3. The molecule has 0 aliphatic heterocycles. The lowest BCUT2D eigenvalue weighted by Crippen LogP contribution is -2.22. The number of hydrogen-bond donors (Lipinski definition) is 1. The molecule has 6 heteroatoms. The summed E-state index contributed by atoms with van der Waals surface area (Å²) in [6.07, 6.45) is -3.52. The van der Waals surface area contributed by atoms with Gasteiger partial charge in [0.1, 0.15) is 5.76 Å². The van der Waals surface area contributed by atoms with Gasteiger partial charge in [0.25, 0.3) is 0 Å². The summed E-state index contributed by atoms with van der Waals surface area (Å²) in [5.41, 5.74) is 0. The summed E-state index contributed by atoms with van der Waals surface area (Å²) in [5.74, 6) is 0.593. The third-order valence-electron chi connectivity index (χ3n) is 2.53. The minimum absolute atomic E-state index is 0.0726. The summed E-state index contributed by atoms with van der Waals surface area (Å²) in [6.45, 7) is 2.73. The van der Waals surface area contributed by atoms with Gasteiger partial charge in [0, 0.05) is 6.42 Å². The van der Waals surface area contributed by atoms with Crippen LogP contribution < -0.4 is 5.32 Å². The van der Waals surface area contributed by atoms with E-state index in [0.717, 1.165) is 13.0 Å². The topological polar surface area (TPSA) is 25.2 Å². The van der Waals surface area contributed by atoms with Crippen LogP contribution in [0, 0.1) is 0 Å². The highest BCUT2D eigenvalue weighted by atomic mass is 35.5. The van der Waals surface area contributed by atoms with Crippen molar-refractivity contribution in [3.8, 4) is 0 Å². The highest BCUT2D eigenvalue weighted by molar-refractivity contribution is 6.28. The Hall–Kier alpha value is -0.680.